The van der Waals surface area contributed by atoms with Crippen molar-refractivity contribution in [3.63, 3.8) is 0 Å². The number of imidazole rings is 1. The zero-order valence-electron chi connectivity index (χ0n) is 15.2. The number of hydrogen-bond acceptors (Lipinski definition) is 5. The van der Waals surface area contributed by atoms with Crippen molar-refractivity contribution in [1.29, 1.82) is 0 Å². The molecule has 138 valence electrons. The van der Waals surface area contributed by atoms with E-state index in [0.29, 0.717) is 10.6 Å². The molecule has 0 saturated heterocycles. The molecule has 0 bridgehead atoms. The molecule has 0 aliphatic carbocycles. The number of carbonyl (C=O) groups excluding carboxylic acids is 1. The number of aryl methyl sites for hydroxylation is 2. The number of amides is 1. The highest BCUT2D eigenvalue weighted by Crippen LogP contribution is 2.28. The van der Waals surface area contributed by atoms with E-state index in [0.717, 1.165) is 32.8 Å². The molecule has 0 fully saturated rings. The predicted octanol–water partition coefficient (Wildman–Crippen LogP) is 3.93. The number of pyridine rings is 1. The lowest BCUT2D eigenvalue weighted by atomic mass is 10.3. The van der Waals surface area contributed by atoms with Gasteiger partial charge in [0.15, 0.2) is 0 Å². The molecular weight excluding hydrogens is 372 g/mol. The fraction of sp³-hybridized carbons (Fsp3) is 0.100. The van der Waals surface area contributed by atoms with E-state index in [9.17, 15) is 4.79 Å². The SMILES string of the molecule is Cc1nn(C)c2sc(C(=O)Nc3ccc(-n4cnc5ccccc54)nc3)cc12. The normalized spacial score (nSPS) is 11.4. The molecule has 5 rings (SSSR count). The van der Waals surface area contributed by atoms with Gasteiger partial charge in [-0.2, -0.15) is 5.10 Å². The molecule has 7 nitrogen and oxygen atoms in total. The maximum Gasteiger partial charge on any atom is 0.265 e. The van der Waals surface area contributed by atoms with Crippen molar-refractivity contribution < 1.29 is 4.79 Å². The first-order valence-corrected chi connectivity index (χ1v) is 9.55. The van der Waals surface area contributed by atoms with Crippen molar-refractivity contribution in [3.8, 4) is 5.82 Å². The third kappa shape index (κ3) is 2.66. The Bertz CT molecular complexity index is 1290. The first-order chi connectivity index (χ1) is 13.6. The summed E-state index contributed by atoms with van der Waals surface area (Å²) >= 11 is 1.43. The molecule has 4 aromatic heterocycles. The Hall–Kier alpha value is -3.52. The van der Waals surface area contributed by atoms with Crippen molar-refractivity contribution in [2.45, 2.75) is 6.92 Å². The Morgan fingerprint density at radius 1 is 1.14 bits per heavy atom. The molecule has 0 spiro atoms. The Morgan fingerprint density at radius 3 is 2.79 bits per heavy atom. The van der Waals surface area contributed by atoms with E-state index in [1.807, 2.05) is 61.0 Å². The lowest BCUT2D eigenvalue weighted by molar-refractivity contribution is 0.103. The highest BCUT2D eigenvalue weighted by Gasteiger charge is 2.15. The Balaban J connectivity index is 1.39. The summed E-state index contributed by atoms with van der Waals surface area (Å²) in [6.07, 6.45) is 3.40. The van der Waals surface area contributed by atoms with Gasteiger partial charge in [0.25, 0.3) is 5.91 Å². The molecule has 0 aliphatic rings. The van der Waals surface area contributed by atoms with E-state index in [1.54, 1.807) is 17.2 Å². The first-order valence-electron chi connectivity index (χ1n) is 8.73. The molecule has 0 saturated carbocycles. The maximum atomic E-state index is 12.6. The van der Waals surface area contributed by atoms with Crippen LogP contribution in [0, 0.1) is 6.92 Å². The van der Waals surface area contributed by atoms with Gasteiger partial charge in [-0.3, -0.25) is 14.0 Å². The van der Waals surface area contributed by atoms with Crippen LogP contribution in [-0.4, -0.2) is 30.2 Å². The zero-order chi connectivity index (χ0) is 19.3. The molecule has 0 atom stereocenters. The first kappa shape index (κ1) is 16.6. The summed E-state index contributed by atoms with van der Waals surface area (Å²) < 4.78 is 3.72. The van der Waals surface area contributed by atoms with Gasteiger partial charge in [-0.1, -0.05) is 12.1 Å². The maximum absolute atomic E-state index is 12.6. The molecule has 1 aromatic carbocycles. The van der Waals surface area contributed by atoms with Gasteiger partial charge in [-0.05, 0) is 37.3 Å². The van der Waals surface area contributed by atoms with Crippen LogP contribution in [0.1, 0.15) is 15.4 Å². The second-order valence-electron chi connectivity index (χ2n) is 6.50. The second kappa shape index (κ2) is 6.28. The van der Waals surface area contributed by atoms with Crippen LogP contribution in [0.25, 0.3) is 27.1 Å². The van der Waals surface area contributed by atoms with Crippen molar-refractivity contribution in [3.05, 3.63) is 65.6 Å². The van der Waals surface area contributed by atoms with Gasteiger partial charge < -0.3 is 5.32 Å². The lowest BCUT2D eigenvalue weighted by Gasteiger charge is -2.06. The topological polar surface area (TPSA) is 77.6 Å². The minimum absolute atomic E-state index is 0.150. The summed E-state index contributed by atoms with van der Waals surface area (Å²) in [5.74, 6) is 0.596. The molecule has 0 unspecified atom stereocenters. The highest BCUT2D eigenvalue weighted by atomic mass is 32.1. The molecule has 28 heavy (non-hydrogen) atoms. The van der Waals surface area contributed by atoms with Gasteiger partial charge >= 0.3 is 0 Å². The third-order valence-electron chi connectivity index (χ3n) is 4.63. The van der Waals surface area contributed by atoms with Crippen molar-refractivity contribution in [1.82, 2.24) is 24.3 Å². The number of benzene rings is 1. The minimum atomic E-state index is -0.150. The average molecular weight is 388 g/mol. The molecule has 0 radical (unpaired) electrons. The summed E-state index contributed by atoms with van der Waals surface area (Å²) in [6, 6.07) is 13.5. The van der Waals surface area contributed by atoms with Crippen LogP contribution in [0.4, 0.5) is 5.69 Å². The van der Waals surface area contributed by atoms with Crippen LogP contribution in [0.3, 0.4) is 0 Å². The molecule has 5 aromatic rings. The Kier molecular flexibility index (Phi) is 3.73. The molecule has 8 heteroatoms. The van der Waals surface area contributed by atoms with Crippen LogP contribution >= 0.6 is 11.3 Å². The number of anilines is 1. The fourth-order valence-electron chi connectivity index (χ4n) is 3.25. The summed E-state index contributed by atoms with van der Waals surface area (Å²) in [5.41, 5.74) is 3.47. The monoisotopic (exact) mass is 388 g/mol. The van der Waals surface area contributed by atoms with E-state index >= 15 is 0 Å². The average Bonchev–Trinajstić information content (AvgIpc) is 3.39. The fourth-order valence-corrected chi connectivity index (χ4v) is 4.27. The number of nitrogens with zero attached hydrogens (tertiary/aromatic N) is 5. The van der Waals surface area contributed by atoms with Crippen molar-refractivity contribution in [2.75, 3.05) is 5.32 Å². The van der Waals surface area contributed by atoms with Crippen LogP contribution in [0.2, 0.25) is 0 Å². The van der Waals surface area contributed by atoms with E-state index in [1.165, 1.54) is 11.3 Å². The number of thiophene rings is 1. The number of rotatable bonds is 3. The van der Waals surface area contributed by atoms with Gasteiger partial charge in [-0.25, -0.2) is 9.97 Å². The largest absolute Gasteiger partial charge is 0.320 e. The number of hydrogen-bond donors (Lipinski definition) is 1. The smallest absolute Gasteiger partial charge is 0.265 e. The number of aromatic nitrogens is 5. The highest BCUT2D eigenvalue weighted by molar-refractivity contribution is 7.20. The van der Waals surface area contributed by atoms with Gasteiger partial charge in [-0.15, -0.1) is 11.3 Å². The number of carbonyl (C=O) groups is 1. The number of nitrogens with one attached hydrogen (secondary N) is 1. The van der Waals surface area contributed by atoms with Crippen LogP contribution in [0.15, 0.2) is 55.0 Å². The molecule has 4 heterocycles. The lowest BCUT2D eigenvalue weighted by Crippen LogP contribution is -2.10. The standard InChI is InChI=1S/C20H16N6OS/c1-12-14-9-17(28-20(14)25(2)24-12)19(27)23-13-7-8-18(21-10-13)26-11-22-15-5-3-4-6-16(15)26/h3-11H,1-2H3,(H,23,27). The van der Waals surface area contributed by atoms with E-state index in [4.69, 9.17) is 0 Å². The zero-order valence-corrected chi connectivity index (χ0v) is 16.1. The molecule has 1 N–H and O–H groups in total. The Labute approximate surface area is 164 Å². The summed E-state index contributed by atoms with van der Waals surface area (Å²) in [4.78, 5) is 23.1. The molecule has 0 aliphatic heterocycles. The van der Waals surface area contributed by atoms with Gasteiger partial charge in [0.2, 0.25) is 0 Å². The number of para-hydroxylation sites is 2. The van der Waals surface area contributed by atoms with Crippen molar-refractivity contribution >= 4 is 44.2 Å². The summed E-state index contributed by atoms with van der Waals surface area (Å²) in [5, 5.41) is 8.29. The molecular formula is C20H16N6OS. The van der Waals surface area contributed by atoms with Crippen molar-refractivity contribution in [2.24, 2.45) is 7.05 Å². The predicted molar refractivity (Wildman–Crippen MR) is 110 cm³/mol. The molecule has 1 amide bonds. The minimum Gasteiger partial charge on any atom is -0.320 e. The quantitative estimate of drug-likeness (QED) is 0.508. The third-order valence-corrected chi connectivity index (χ3v) is 5.83. The van der Waals surface area contributed by atoms with E-state index in [2.05, 4.69) is 20.4 Å². The van der Waals surface area contributed by atoms with Gasteiger partial charge in [0, 0.05) is 12.4 Å². The number of fused-ring (bicyclic) bond motifs is 2. The summed E-state index contributed by atoms with van der Waals surface area (Å²) in [7, 11) is 1.88. The van der Waals surface area contributed by atoms with E-state index < -0.39 is 0 Å². The summed E-state index contributed by atoms with van der Waals surface area (Å²) in [6.45, 7) is 1.94. The van der Waals surface area contributed by atoms with Gasteiger partial charge in [0.05, 0.1) is 33.5 Å². The second-order valence-corrected chi connectivity index (χ2v) is 7.53. The van der Waals surface area contributed by atoms with Crippen LogP contribution in [-0.2, 0) is 7.05 Å². The van der Waals surface area contributed by atoms with Gasteiger partial charge in [0.1, 0.15) is 17.0 Å². The van der Waals surface area contributed by atoms with Crippen LogP contribution in [0.5, 0.6) is 0 Å². The Morgan fingerprint density at radius 2 is 2.00 bits per heavy atom. The van der Waals surface area contributed by atoms with Crippen LogP contribution < -0.4 is 5.32 Å². The van der Waals surface area contributed by atoms with E-state index in [-0.39, 0.29) is 5.91 Å².